The monoisotopic (exact) mass is 128 g/mol. The topological polar surface area (TPSA) is 32.6 Å². The van der Waals surface area contributed by atoms with Crippen LogP contribution in [0.1, 0.15) is 26.7 Å². The third-order valence-corrected chi connectivity index (χ3v) is 1.13. The first kappa shape index (κ1) is 8.47. The molecule has 0 saturated carbocycles. The number of hydrogen-bond donors (Lipinski definition) is 1. The molecule has 0 saturated heterocycles. The van der Waals surface area contributed by atoms with Gasteiger partial charge in [0, 0.05) is 6.21 Å². The number of oxime groups is 1. The van der Waals surface area contributed by atoms with Crippen molar-refractivity contribution in [2.24, 2.45) is 11.1 Å². The van der Waals surface area contributed by atoms with Crippen molar-refractivity contribution in [3.05, 3.63) is 6.42 Å². The molecular formula is C7H14NO. The average Bonchev–Trinajstić information content (AvgIpc) is 1.85. The van der Waals surface area contributed by atoms with Crippen molar-refractivity contribution in [2.45, 2.75) is 26.7 Å². The molecular weight excluding hydrogens is 114 g/mol. The van der Waals surface area contributed by atoms with E-state index in [4.69, 9.17) is 5.21 Å². The fraction of sp³-hybridized carbons (Fsp3) is 0.714. The summed E-state index contributed by atoms with van der Waals surface area (Å²) in [4.78, 5) is 0. The molecule has 0 fully saturated rings. The van der Waals surface area contributed by atoms with Crippen molar-refractivity contribution in [1.82, 2.24) is 0 Å². The lowest BCUT2D eigenvalue weighted by atomic mass is 10.1. The van der Waals surface area contributed by atoms with Crippen molar-refractivity contribution in [3.63, 3.8) is 0 Å². The Morgan fingerprint density at radius 1 is 1.67 bits per heavy atom. The van der Waals surface area contributed by atoms with Gasteiger partial charge in [-0.05, 0) is 18.8 Å². The fourth-order valence-electron chi connectivity index (χ4n) is 0.596. The first-order valence-corrected chi connectivity index (χ1v) is 3.32. The molecule has 0 aliphatic rings. The van der Waals surface area contributed by atoms with Gasteiger partial charge in [-0.3, -0.25) is 0 Å². The summed E-state index contributed by atoms with van der Waals surface area (Å²) in [5.74, 6) is 0.301. The van der Waals surface area contributed by atoms with Gasteiger partial charge in [0.15, 0.2) is 0 Å². The molecule has 2 heteroatoms. The van der Waals surface area contributed by atoms with E-state index in [1.807, 2.05) is 6.92 Å². The van der Waals surface area contributed by atoms with Crippen molar-refractivity contribution < 1.29 is 5.21 Å². The van der Waals surface area contributed by atoms with Crippen LogP contribution >= 0.6 is 0 Å². The van der Waals surface area contributed by atoms with Crippen LogP contribution in [0.2, 0.25) is 0 Å². The molecule has 53 valence electrons. The Hall–Kier alpha value is -0.530. The van der Waals surface area contributed by atoms with Gasteiger partial charge in [0.05, 0.1) is 0 Å². The first-order chi connectivity index (χ1) is 4.31. The summed E-state index contributed by atoms with van der Waals surface area (Å²) in [6.07, 6.45) is 5.90. The second-order valence-electron chi connectivity index (χ2n) is 2.15. The highest BCUT2D eigenvalue weighted by Crippen LogP contribution is 2.02. The van der Waals surface area contributed by atoms with E-state index >= 15 is 0 Å². The Kier molecular flexibility index (Phi) is 5.27. The highest BCUT2D eigenvalue weighted by molar-refractivity contribution is 5.60. The molecule has 1 unspecified atom stereocenters. The van der Waals surface area contributed by atoms with Crippen LogP contribution in [0.3, 0.4) is 0 Å². The van der Waals surface area contributed by atoms with E-state index in [0.29, 0.717) is 5.92 Å². The summed E-state index contributed by atoms with van der Waals surface area (Å²) in [5, 5.41) is 11.0. The average molecular weight is 128 g/mol. The lowest BCUT2D eigenvalue weighted by molar-refractivity contribution is 0.319. The van der Waals surface area contributed by atoms with Gasteiger partial charge in [-0.15, -0.1) is 5.16 Å². The maximum absolute atomic E-state index is 8.09. The summed E-state index contributed by atoms with van der Waals surface area (Å²) >= 11 is 0. The number of rotatable bonds is 4. The molecule has 2 nitrogen and oxygen atoms in total. The summed E-state index contributed by atoms with van der Waals surface area (Å²) in [6, 6.07) is 0. The molecule has 0 aliphatic carbocycles. The van der Waals surface area contributed by atoms with Gasteiger partial charge in [0.25, 0.3) is 0 Å². The maximum Gasteiger partial charge on any atom is 0.0466 e. The molecule has 0 amide bonds. The molecule has 0 aromatic rings. The van der Waals surface area contributed by atoms with E-state index in [-0.39, 0.29) is 0 Å². The van der Waals surface area contributed by atoms with Crippen molar-refractivity contribution in [3.8, 4) is 0 Å². The molecule has 0 aliphatic heterocycles. The molecule has 1 atom stereocenters. The van der Waals surface area contributed by atoms with Crippen molar-refractivity contribution >= 4 is 6.21 Å². The lowest BCUT2D eigenvalue weighted by Gasteiger charge is -1.99. The Balaban J connectivity index is 3.15. The minimum Gasteiger partial charge on any atom is -0.411 e. The number of hydrogen-bond acceptors (Lipinski definition) is 2. The standard InChI is InChI=1S/C7H14NO/c1-3-4-5-7(2)6-8-9/h5-7,9H,3-4H2,1-2H3/b8-6-. The van der Waals surface area contributed by atoms with Gasteiger partial charge in [0.2, 0.25) is 0 Å². The van der Waals surface area contributed by atoms with Gasteiger partial charge < -0.3 is 5.21 Å². The van der Waals surface area contributed by atoms with Crippen LogP contribution in [0, 0.1) is 12.3 Å². The quantitative estimate of drug-likeness (QED) is 0.351. The van der Waals surface area contributed by atoms with Gasteiger partial charge in [-0.2, -0.15) is 0 Å². The third kappa shape index (κ3) is 5.34. The molecule has 1 N–H and O–H groups in total. The van der Waals surface area contributed by atoms with E-state index in [1.165, 1.54) is 6.21 Å². The Morgan fingerprint density at radius 3 is 2.78 bits per heavy atom. The van der Waals surface area contributed by atoms with E-state index in [9.17, 15) is 0 Å². The second kappa shape index (κ2) is 5.60. The van der Waals surface area contributed by atoms with Crippen LogP contribution in [-0.2, 0) is 0 Å². The van der Waals surface area contributed by atoms with Crippen LogP contribution in [0.4, 0.5) is 0 Å². The molecule has 0 bridgehead atoms. The Bertz CT molecular complexity index is 81.0. The smallest absolute Gasteiger partial charge is 0.0466 e. The van der Waals surface area contributed by atoms with E-state index < -0.39 is 0 Å². The molecule has 0 aromatic carbocycles. The molecule has 0 rings (SSSR count). The summed E-state index contributed by atoms with van der Waals surface area (Å²) < 4.78 is 0. The Labute approximate surface area is 56.6 Å². The lowest BCUT2D eigenvalue weighted by Crippen LogP contribution is -1.95. The van der Waals surface area contributed by atoms with E-state index in [1.54, 1.807) is 0 Å². The molecule has 0 spiro atoms. The van der Waals surface area contributed by atoms with Crippen molar-refractivity contribution in [2.75, 3.05) is 0 Å². The van der Waals surface area contributed by atoms with Crippen LogP contribution < -0.4 is 0 Å². The predicted molar refractivity (Wildman–Crippen MR) is 38.7 cm³/mol. The third-order valence-electron chi connectivity index (χ3n) is 1.13. The summed E-state index contributed by atoms with van der Waals surface area (Å²) in [5.41, 5.74) is 0. The van der Waals surface area contributed by atoms with Crippen molar-refractivity contribution in [1.29, 1.82) is 0 Å². The van der Waals surface area contributed by atoms with Crippen LogP contribution in [0.25, 0.3) is 0 Å². The predicted octanol–water partition coefficient (Wildman–Crippen LogP) is 2.09. The molecule has 1 radical (unpaired) electrons. The highest BCUT2D eigenvalue weighted by Gasteiger charge is 1.95. The Morgan fingerprint density at radius 2 is 2.33 bits per heavy atom. The van der Waals surface area contributed by atoms with Crippen LogP contribution in [0.15, 0.2) is 5.16 Å². The van der Waals surface area contributed by atoms with Gasteiger partial charge in [-0.25, -0.2) is 0 Å². The minimum absolute atomic E-state index is 0.301. The zero-order valence-corrected chi connectivity index (χ0v) is 6.04. The zero-order valence-electron chi connectivity index (χ0n) is 6.04. The van der Waals surface area contributed by atoms with Gasteiger partial charge in [-0.1, -0.05) is 20.3 Å². The summed E-state index contributed by atoms with van der Waals surface area (Å²) in [7, 11) is 0. The minimum atomic E-state index is 0.301. The molecule has 0 heterocycles. The van der Waals surface area contributed by atoms with Gasteiger partial charge >= 0.3 is 0 Å². The zero-order chi connectivity index (χ0) is 7.11. The SMILES string of the molecule is CCC[CH]C(C)/C=N\O. The second-order valence-corrected chi connectivity index (χ2v) is 2.15. The maximum atomic E-state index is 8.09. The first-order valence-electron chi connectivity index (χ1n) is 3.32. The van der Waals surface area contributed by atoms with Gasteiger partial charge in [0.1, 0.15) is 0 Å². The summed E-state index contributed by atoms with van der Waals surface area (Å²) in [6.45, 7) is 4.12. The highest BCUT2D eigenvalue weighted by atomic mass is 16.4. The number of unbranched alkanes of at least 4 members (excludes halogenated alkanes) is 1. The fourth-order valence-corrected chi connectivity index (χ4v) is 0.596. The van der Waals surface area contributed by atoms with Crippen LogP contribution in [-0.4, -0.2) is 11.4 Å². The molecule has 0 aromatic heterocycles. The van der Waals surface area contributed by atoms with Crippen LogP contribution in [0.5, 0.6) is 0 Å². The normalized spacial score (nSPS) is 14.4. The largest absolute Gasteiger partial charge is 0.411 e. The molecule has 9 heavy (non-hydrogen) atoms. The number of nitrogens with zero attached hydrogens (tertiary/aromatic N) is 1. The van der Waals surface area contributed by atoms with E-state index in [0.717, 1.165) is 12.8 Å². The van der Waals surface area contributed by atoms with E-state index in [2.05, 4.69) is 18.5 Å².